The van der Waals surface area contributed by atoms with Crippen molar-refractivity contribution in [2.24, 2.45) is 0 Å². The zero-order valence-corrected chi connectivity index (χ0v) is 17.0. The van der Waals surface area contributed by atoms with Gasteiger partial charge in [-0.3, -0.25) is 4.72 Å². The molecule has 0 unspecified atom stereocenters. The number of rotatable bonds is 5. The van der Waals surface area contributed by atoms with Crippen LogP contribution < -0.4 is 9.62 Å². The molecule has 1 aliphatic rings. The molecule has 0 saturated carbocycles. The van der Waals surface area contributed by atoms with Crippen LogP contribution in [-0.4, -0.2) is 49.1 Å². The van der Waals surface area contributed by atoms with Crippen LogP contribution in [0.15, 0.2) is 35.2 Å². The first kappa shape index (κ1) is 20.1. The fourth-order valence-corrected chi connectivity index (χ4v) is 5.28. The molecule has 27 heavy (non-hydrogen) atoms. The largest absolute Gasteiger partial charge is 0.478 e. The van der Waals surface area contributed by atoms with E-state index in [0.29, 0.717) is 5.69 Å². The second-order valence-corrected chi connectivity index (χ2v) is 9.29. The zero-order chi connectivity index (χ0) is 19.6. The fourth-order valence-electron chi connectivity index (χ4n) is 2.66. The summed E-state index contributed by atoms with van der Waals surface area (Å²) in [6.45, 7) is 1.48. The average molecular weight is 448 g/mol. The Hall–Kier alpha value is -1.68. The molecule has 2 aromatic rings. The Labute approximate surface area is 170 Å². The minimum Gasteiger partial charge on any atom is -0.478 e. The van der Waals surface area contributed by atoms with Gasteiger partial charge in [0.25, 0.3) is 10.0 Å². The molecule has 7 nitrogen and oxygen atoms in total. The molecule has 2 N–H and O–H groups in total. The maximum absolute atomic E-state index is 12.6. The van der Waals surface area contributed by atoms with Crippen LogP contribution in [0.5, 0.6) is 0 Å². The molecule has 1 fully saturated rings. The van der Waals surface area contributed by atoms with E-state index in [2.05, 4.69) is 9.71 Å². The number of carbonyl (C=O) groups is 1. The highest BCUT2D eigenvalue weighted by molar-refractivity contribution is 7.99. The van der Waals surface area contributed by atoms with Crippen LogP contribution in [0.1, 0.15) is 10.4 Å². The topological polar surface area (TPSA) is 99.6 Å². The predicted molar refractivity (Wildman–Crippen MR) is 108 cm³/mol. The normalized spacial score (nSPS) is 14.8. The average Bonchev–Trinajstić information content (AvgIpc) is 2.61. The number of halogens is 2. The van der Waals surface area contributed by atoms with Crippen molar-refractivity contribution in [1.82, 2.24) is 4.98 Å². The number of nitrogens with one attached hydrogen (secondary N) is 1. The molecule has 1 aliphatic heterocycles. The first-order valence-corrected chi connectivity index (χ1v) is 11.2. The lowest BCUT2D eigenvalue weighted by molar-refractivity contribution is 0.0697. The number of anilines is 2. The number of carboxylic acids is 1. The molecule has 1 aromatic heterocycles. The maximum Gasteiger partial charge on any atom is 0.337 e. The monoisotopic (exact) mass is 447 g/mol. The summed E-state index contributed by atoms with van der Waals surface area (Å²) >= 11 is 13.4. The van der Waals surface area contributed by atoms with E-state index in [4.69, 9.17) is 23.2 Å². The van der Waals surface area contributed by atoms with Gasteiger partial charge < -0.3 is 10.0 Å². The molecular weight excluding hydrogens is 433 g/mol. The summed E-state index contributed by atoms with van der Waals surface area (Å²) in [5.74, 6) is 0.695. The lowest BCUT2D eigenvalue weighted by Crippen LogP contribution is -2.33. The van der Waals surface area contributed by atoms with Gasteiger partial charge in [0.15, 0.2) is 5.15 Å². The third-order valence-corrected chi connectivity index (χ3v) is 6.87. The van der Waals surface area contributed by atoms with Crippen molar-refractivity contribution in [1.29, 1.82) is 0 Å². The van der Waals surface area contributed by atoms with E-state index in [1.54, 1.807) is 6.07 Å². The van der Waals surface area contributed by atoms with Gasteiger partial charge in [0.1, 0.15) is 10.0 Å². The number of aromatic carboxylic acids is 1. The van der Waals surface area contributed by atoms with E-state index in [9.17, 15) is 18.3 Å². The minimum absolute atomic E-state index is 0.0300. The third-order valence-electron chi connectivity index (χ3n) is 3.90. The number of aromatic nitrogens is 1. The molecule has 144 valence electrons. The molecule has 0 spiro atoms. The number of benzene rings is 1. The summed E-state index contributed by atoms with van der Waals surface area (Å²) in [5, 5.41) is 9.35. The van der Waals surface area contributed by atoms with Gasteiger partial charge in [-0.2, -0.15) is 11.8 Å². The molecule has 2 heterocycles. The summed E-state index contributed by atoms with van der Waals surface area (Å²) < 4.78 is 27.5. The van der Waals surface area contributed by atoms with Crippen molar-refractivity contribution >= 4 is 62.3 Å². The number of hydrogen-bond donors (Lipinski definition) is 2. The highest BCUT2D eigenvalue weighted by Crippen LogP contribution is 2.29. The zero-order valence-electron chi connectivity index (χ0n) is 13.9. The second kappa shape index (κ2) is 8.14. The first-order valence-electron chi connectivity index (χ1n) is 7.83. The molecule has 0 bridgehead atoms. The second-order valence-electron chi connectivity index (χ2n) is 5.66. The van der Waals surface area contributed by atoms with Crippen LogP contribution in [0, 0.1) is 0 Å². The van der Waals surface area contributed by atoms with Gasteiger partial charge in [0.2, 0.25) is 0 Å². The number of pyridine rings is 1. The molecule has 11 heteroatoms. The fraction of sp³-hybridized carbons (Fsp3) is 0.250. The van der Waals surface area contributed by atoms with Crippen molar-refractivity contribution in [3.63, 3.8) is 0 Å². The van der Waals surface area contributed by atoms with E-state index in [0.717, 1.165) is 24.6 Å². The molecule has 0 aliphatic carbocycles. The summed E-state index contributed by atoms with van der Waals surface area (Å²) in [4.78, 5) is 17.1. The molecule has 0 radical (unpaired) electrons. The Balaban J connectivity index is 1.93. The van der Waals surface area contributed by atoms with Gasteiger partial charge in [0, 0.05) is 30.3 Å². The van der Waals surface area contributed by atoms with E-state index in [1.165, 1.54) is 24.3 Å². The summed E-state index contributed by atoms with van der Waals surface area (Å²) in [6.07, 6.45) is 0. The van der Waals surface area contributed by atoms with Crippen molar-refractivity contribution in [2.75, 3.05) is 34.2 Å². The lowest BCUT2D eigenvalue weighted by Gasteiger charge is -2.29. The Morgan fingerprint density at radius 2 is 1.89 bits per heavy atom. The van der Waals surface area contributed by atoms with Gasteiger partial charge in [-0.05, 0) is 30.3 Å². The molecule has 0 amide bonds. The maximum atomic E-state index is 12.6. The molecule has 3 rings (SSSR count). The molecule has 0 atom stereocenters. The Morgan fingerprint density at radius 1 is 1.19 bits per heavy atom. The number of carboxylic acid groups (broad SMARTS) is 1. The summed E-state index contributed by atoms with van der Waals surface area (Å²) in [7, 11) is -4.05. The van der Waals surface area contributed by atoms with Gasteiger partial charge in [0.05, 0.1) is 11.3 Å². The number of thioether (sulfide) groups is 1. The van der Waals surface area contributed by atoms with Crippen molar-refractivity contribution in [3.05, 3.63) is 46.2 Å². The SMILES string of the molecule is O=C(O)c1cc(NS(=O)(=O)c2ccc(Cl)nc2Cl)ccc1N1CCSCC1. The van der Waals surface area contributed by atoms with E-state index in [-0.39, 0.29) is 26.5 Å². The number of sulfonamides is 1. The van der Waals surface area contributed by atoms with Crippen LogP contribution in [0.2, 0.25) is 10.3 Å². The van der Waals surface area contributed by atoms with E-state index < -0.39 is 16.0 Å². The summed E-state index contributed by atoms with van der Waals surface area (Å²) in [6, 6.07) is 6.98. The Bertz CT molecular complexity index is 980. The number of hydrogen-bond acceptors (Lipinski definition) is 6. The van der Waals surface area contributed by atoms with Gasteiger partial charge >= 0.3 is 5.97 Å². The van der Waals surface area contributed by atoms with Crippen molar-refractivity contribution in [2.45, 2.75) is 4.90 Å². The lowest BCUT2D eigenvalue weighted by atomic mass is 10.1. The molecule has 1 aromatic carbocycles. The van der Waals surface area contributed by atoms with E-state index >= 15 is 0 Å². The van der Waals surface area contributed by atoms with E-state index in [1.807, 2.05) is 16.7 Å². The van der Waals surface area contributed by atoms with Gasteiger partial charge in [-0.1, -0.05) is 23.2 Å². The van der Waals surface area contributed by atoms with Crippen LogP contribution in [-0.2, 0) is 10.0 Å². The smallest absolute Gasteiger partial charge is 0.337 e. The molecular formula is C16H15Cl2N3O4S2. The quantitative estimate of drug-likeness (QED) is 0.676. The van der Waals surface area contributed by atoms with Gasteiger partial charge in [-0.15, -0.1) is 0 Å². The first-order chi connectivity index (χ1) is 12.8. The highest BCUT2D eigenvalue weighted by Gasteiger charge is 2.22. The van der Waals surface area contributed by atoms with Crippen molar-refractivity contribution < 1.29 is 18.3 Å². The minimum atomic E-state index is -4.05. The van der Waals surface area contributed by atoms with Crippen LogP contribution >= 0.6 is 35.0 Å². The molecule has 1 saturated heterocycles. The highest BCUT2D eigenvalue weighted by atomic mass is 35.5. The number of nitrogens with zero attached hydrogens (tertiary/aromatic N) is 2. The standard InChI is InChI=1S/C16H15Cl2N3O4S2/c17-14-4-3-13(15(18)19-14)27(24,25)20-10-1-2-12(11(9-10)16(22)23)21-5-7-26-8-6-21/h1-4,9,20H,5-8H2,(H,22,23). The van der Waals surface area contributed by atoms with Crippen LogP contribution in [0.25, 0.3) is 0 Å². The van der Waals surface area contributed by atoms with Crippen molar-refractivity contribution in [3.8, 4) is 0 Å². The van der Waals surface area contributed by atoms with Crippen LogP contribution in [0.3, 0.4) is 0 Å². The summed E-state index contributed by atoms with van der Waals surface area (Å²) in [5.41, 5.74) is 0.716. The van der Waals surface area contributed by atoms with Gasteiger partial charge in [-0.25, -0.2) is 18.2 Å². The Kier molecular flexibility index (Phi) is 6.05. The predicted octanol–water partition coefficient (Wildman–Crippen LogP) is 3.44. The Morgan fingerprint density at radius 3 is 2.52 bits per heavy atom. The van der Waals surface area contributed by atoms with Crippen LogP contribution in [0.4, 0.5) is 11.4 Å². The third kappa shape index (κ3) is 4.60.